The molecule has 0 N–H and O–H groups in total. The van der Waals surface area contributed by atoms with Crippen LogP contribution >= 0.6 is 0 Å². The molecule has 2 unspecified atom stereocenters. The lowest BCUT2D eigenvalue weighted by molar-refractivity contribution is -0.107. The largest absolute Gasteiger partial charge is 0.303 e. The van der Waals surface area contributed by atoms with Crippen molar-refractivity contribution in [1.82, 2.24) is 0 Å². The molecule has 2 rings (SSSR count). The number of carbonyl (C=O) groups excluding carboxylic acids is 1. The van der Waals surface area contributed by atoms with Crippen molar-refractivity contribution >= 4 is 6.29 Å². The molecule has 1 saturated carbocycles. The summed E-state index contributed by atoms with van der Waals surface area (Å²) < 4.78 is 0. The van der Waals surface area contributed by atoms with Crippen LogP contribution in [0.3, 0.4) is 0 Å². The van der Waals surface area contributed by atoms with Gasteiger partial charge in [0.15, 0.2) is 0 Å². The van der Waals surface area contributed by atoms with Crippen molar-refractivity contribution in [3.05, 3.63) is 11.6 Å². The molecule has 0 saturated heterocycles. The van der Waals surface area contributed by atoms with Gasteiger partial charge in [-0.05, 0) is 49.9 Å². The molecule has 0 aromatic heterocycles. The number of aldehydes is 1. The molecule has 1 nitrogen and oxygen atoms in total. The Bertz CT molecular complexity index is 267. The Morgan fingerprint density at radius 1 is 1.53 bits per heavy atom. The predicted molar refractivity (Wildman–Crippen MR) is 62.7 cm³/mol. The summed E-state index contributed by atoms with van der Waals surface area (Å²) in [7, 11) is 0. The van der Waals surface area contributed by atoms with Crippen LogP contribution in [-0.2, 0) is 4.79 Å². The van der Waals surface area contributed by atoms with Gasteiger partial charge in [0, 0.05) is 6.42 Å². The van der Waals surface area contributed by atoms with Crippen molar-refractivity contribution < 1.29 is 4.79 Å². The molecular weight excluding hydrogens is 184 g/mol. The third-order valence-corrected chi connectivity index (χ3v) is 4.33. The minimum absolute atomic E-state index is 0.657. The zero-order valence-electron chi connectivity index (χ0n) is 9.80. The second kappa shape index (κ2) is 4.51. The van der Waals surface area contributed by atoms with Crippen molar-refractivity contribution in [3.8, 4) is 0 Å². The first-order valence-corrected chi connectivity index (χ1v) is 6.36. The average Bonchev–Trinajstić information content (AvgIpc) is 2.60. The highest BCUT2D eigenvalue weighted by molar-refractivity contribution is 5.49. The smallest absolute Gasteiger partial charge is 0.120 e. The molecule has 2 atom stereocenters. The zero-order chi connectivity index (χ0) is 10.7. The van der Waals surface area contributed by atoms with E-state index in [1.807, 2.05) is 0 Å². The van der Waals surface area contributed by atoms with Gasteiger partial charge in [-0.3, -0.25) is 0 Å². The highest BCUT2D eigenvalue weighted by Crippen LogP contribution is 2.50. The fraction of sp³-hybridized carbons (Fsp3) is 0.786. The Morgan fingerprint density at radius 3 is 2.93 bits per heavy atom. The third-order valence-electron chi connectivity index (χ3n) is 4.33. The van der Waals surface area contributed by atoms with Gasteiger partial charge in [-0.25, -0.2) is 0 Å². The number of hydrogen-bond acceptors (Lipinski definition) is 1. The summed E-state index contributed by atoms with van der Waals surface area (Å²) in [6.07, 6.45) is 13.4. The third kappa shape index (κ3) is 2.50. The maximum Gasteiger partial charge on any atom is 0.120 e. The van der Waals surface area contributed by atoms with Crippen LogP contribution in [0, 0.1) is 11.3 Å². The van der Waals surface area contributed by atoms with E-state index in [2.05, 4.69) is 13.0 Å². The molecule has 0 amide bonds. The van der Waals surface area contributed by atoms with Gasteiger partial charge in [-0.15, -0.1) is 0 Å². The fourth-order valence-electron chi connectivity index (χ4n) is 3.37. The highest BCUT2D eigenvalue weighted by atomic mass is 16.1. The minimum atomic E-state index is 0.657. The fourth-order valence-corrected chi connectivity index (χ4v) is 3.37. The summed E-state index contributed by atoms with van der Waals surface area (Å²) >= 11 is 0. The lowest BCUT2D eigenvalue weighted by Gasteiger charge is -2.32. The topological polar surface area (TPSA) is 17.1 Å². The van der Waals surface area contributed by atoms with Gasteiger partial charge >= 0.3 is 0 Å². The van der Waals surface area contributed by atoms with Crippen LogP contribution in [0.4, 0.5) is 0 Å². The lowest BCUT2D eigenvalue weighted by atomic mass is 9.73. The molecular formula is C14H22O. The average molecular weight is 206 g/mol. The maximum atomic E-state index is 10.3. The van der Waals surface area contributed by atoms with E-state index in [0.717, 1.165) is 25.0 Å². The lowest BCUT2D eigenvalue weighted by Crippen LogP contribution is -2.19. The molecule has 84 valence electrons. The SMILES string of the molecule is CC1CCC2(CC=C(CCC=O)CC2)C1. The van der Waals surface area contributed by atoms with Crippen LogP contribution in [0.1, 0.15) is 58.3 Å². The standard InChI is InChI=1S/C14H22O/c1-12-4-7-14(11-12)8-5-13(6-9-14)3-2-10-15/h5,10,12H,2-4,6-9,11H2,1H3. The molecule has 0 aliphatic heterocycles. The molecule has 0 bridgehead atoms. The van der Waals surface area contributed by atoms with E-state index in [1.54, 1.807) is 0 Å². The van der Waals surface area contributed by atoms with Crippen LogP contribution in [0.25, 0.3) is 0 Å². The van der Waals surface area contributed by atoms with Crippen LogP contribution in [0.5, 0.6) is 0 Å². The van der Waals surface area contributed by atoms with Crippen LogP contribution in [0.2, 0.25) is 0 Å². The minimum Gasteiger partial charge on any atom is -0.303 e. The summed E-state index contributed by atoms with van der Waals surface area (Å²) in [5.74, 6) is 0.940. The number of allylic oxidation sites excluding steroid dienone is 2. The van der Waals surface area contributed by atoms with E-state index in [-0.39, 0.29) is 0 Å². The quantitative estimate of drug-likeness (QED) is 0.506. The van der Waals surface area contributed by atoms with Crippen molar-refractivity contribution in [2.45, 2.75) is 58.3 Å². The molecule has 0 aromatic rings. The predicted octanol–water partition coefficient (Wildman–Crippen LogP) is 3.88. The molecule has 15 heavy (non-hydrogen) atoms. The van der Waals surface area contributed by atoms with Gasteiger partial charge in [0.2, 0.25) is 0 Å². The highest BCUT2D eigenvalue weighted by Gasteiger charge is 2.37. The molecule has 0 radical (unpaired) electrons. The molecule has 1 heteroatoms. The first-order valence-electron chi connectivity index (χ1n) is 6.36. The second-order valence-corrected chi connectivity index (χ2v) is 5.62. The van der Waals surface area contributed by atoms with E-state index >= 15 is 0 Å². The van der Waals surface area contributed by atoms with Crippen molar-refractivity contribution in [1.29, 1.82) is 0 Å². The summed E-state index contributed by atoms with van der Waals surface area (Å²) in [5.41, 5.74) is 2.19. The molecule has 1 spiro atoms. The normalized spacial score (nSPS) is 35.5. The van der Waals surface area contributed by atoms with Crippen molar-refractivity contribution in [2.24, 2.45) is 11.3 Å². The molecule has 2 aliphatic rings. The molecule has 0 heterocycles. The van der Waals surface area contributed by atoms with Gasteiger partial charge in [0.25, 0.3) is 0 Å². The number of carbonyl (C=O) groups is 1. The Kier molecular flexibility index (Phi) is 3.28. The van der Waals surface area contributed by atoms with Gasteiger partial charge in [-0.2, -0.15) is 0 Å². The summed E-state index contributed by atoms with van der Waals surface area (Å²) in [6, 6.07) is 0. The van der Waals surface area contributed by atoms with Crippen LogP contribution in [0.15, 0.2) is 11.6 Å². The van der Waals surface area contributed by atoms with Crippen molar-refractivity contribution in [3.63, 3.8) is 0 Å². The Morgan fingerprint density at radius 2 is 2.40 bits per heavy atom. The van der Waals surface area contributed by atoms with E-state index in [1.165, 1.54) is 44.1 Å². The number of rotatable bonds is 3. The van der Waals surface area contributed by atoms with E-state index < -0.39 is 0 Å². The first-order chi connectivity index (χ1) is 7.24. The van der Waals surface area contributed by atoms with Gasteiger partial charge in [0.05, 0.1) is 0 Å². The Labute approximate surface area is 92.9 Å². The monoisotopic (exact) mass is 206 g/mol. The maximum absolute atomic E-state index is 10.3. The van der Waals surface area contributed by atoms with Crippen LogP contribution < -0.4 is 0 Å². The number of hydrogen-bond donors (Lipinski definition) is 0. The second-order valence-electron chi connectivity index (χ2n) is 5.62. The van der Waals surface area contributed by atoms with Crippen molar-refractivity contribution in [2.75, 3.05) is 0 Å². The van der Waals surface area contributed by atoms with Gasteiger partial charge in [0.1, 0.15) is 6.29 Å². The summed E-state index contributed by atoms with van der Waals surface area (Å²) in [6.45, 7) is 2.39. The first kappa shape index (κ1) is 10.9. The Balaban J connectivity index is 1.90. The molecule has 1 fully saturated rings. The van der Waals surface area contributed by atoms with E-state index in [4.69, 9.17) is 0 Å². The summed E-state index contributed by atoms with van der Waals surface area (Å²) in [5, 5.41) is 0. The zero-order valence-corrected chi connectivity index (χ0v) is 9.80. The van der Waals surface area contributed by atoms with E-state index in [9.17, 15) is 4.79 Å². The Hall–Kier alpha value is -0.590. The summed E-state index contributed by atoms with van der Waals surface area (Å²) in [4.78, 5) is 10.3. The van der Waals surface area contributed by atoms with Gasteiger partial charge < -0.3 is 4.79 Å². The molecule has 2 aliphatic carbocycles. The molecule has 0 aromatic carbocycles. The van der Waals surface area contributed by atoms with Crippen LogP contribution in [-0.4, -0.2) is 6.29 Å². The van der Waals surface area contributed by atoms with Gasteiger partial charge in [-0.1, -0.05) is 25.0 Å². The van der Waals surface area contributed by atoms with E-state index in [0.29, 0.717) is 5.41 Å².